The summed E-state index contributed by atoms with van der Waals surface area (Å²) >= 11 is 1.63. The molecule has 2 unspecified atom stereocenters. The predicted octanol–water partition coefficient (Wildman–Crippen LogP) is 1.74. The van der Waals surface area contributed by atoms with Crippen molar-refractivity contribution in [3.05, 3.63) is 24.2 Å². The zero-order chi connectivity index (χ0) is 11.9. The van der Waals surface area contributed by atoms with Crippen LogP contribution < -0.4 is 5.73 Å². The van der Waals surface area contributed by atoms with Gasteiger partial charge in [0, 0.05) is 0 Å². The highest BCUT2D eigenvalue weighted by Crippen LogP contribution is 2.49. The monoisotopic (exact) mass is 237 g/mol. The molecule has 5 heteroatoms. The molecule has 2 rings (SSSR count). The Hall–Kier alpha value is -1.23. The number of hydrogen-bond donors (Lipinski definition) is 1. The molecule has 1 aliphatic rings. The maximum atomic E-state index is 11.6. The highest BCUT2D eigenvalue weighted by molar-refractivity contribution is 8.01. The lowest BCUT2D eigenvalue weighted by molar-refractivity contribution is -0.121. The summed E-state index contributed by atoms with van der Waals surface area (Å²) in [5.41, 5.74) is 6.67. The first kappa shape index (κ1) is 11.3. The van der Waals surface area contributed by atoms with Crippen LogP contribution in [0.1, 0.15) is 26.8 Å². The predicted molar refractivity (Wildman–Crippen MR) is 64.2 cm³/mol. The van der Waals surface area contributed by atoms with Crippen LogP contribution in [-0.4, -0.2) is 20.2 Å². The molecule has 1 amide bonds. The molecule has 0 bridgehead atoms. The second-order valence-electron chi connectivity index (χ2n) is 4.45. The van der Waals surface area contributed by atoms with Gasteiger partial charge in [-0.3, -0.25) is 4.79 Å². The maximum Gasteiger partial charge on any atom is 0.242 e. The minimum absolute atomic E-state index is 0.303. The van der Waals surface area contributed by atoms with Gasteiger partial charge in [0.15, 0.2) is 0 Å². The van der Waals surface area contributed by atoms with Gasteiger partial charge in [-0.1, -0.05) is 23.4 Å². The molecule has 2 heterocycles. The standard InChI is InChI=1S/C11H15N3OS/c1-7(2)4-11(3)9(10(12)15)14-6-13-5-8(14)16-11/h4-6,9H,1-3H3,(H2,12,15). The number of allylic oxidation sites excluding steroid dienone is 1. The van der Waals surface area contributed by atoms with Crippen LogP contribution in [0, 0.1) is 0 Å². The number of carbonyl (C=O) groups excluding carboxylic acids is 1. The average molecular weight is 237 g/mol. The lowest BCUT2D eigenvalue weighted by Gasteiger charge is -2.25. The largest absolute Gasteiger partial charge is 0.368 e. The topological polar surface area (TPSA) is 60.9 Å². The van der Waals surface area contributed by atoms with Crippen LogP contribution in [0.5, 0.6) is 0 Å². The summed E-state index contributed by atoms with van der Waals surface area (Å²) in [6.45, 7) is 6.08. The van der Waals surface area contributed by atoms with E-state index in [0.717, 1.165) is 5.03 Å². The van der Waals surface area contributed by atoms with Crippen LogP contribution in [0.3, 0.4) is 0 Å². The molecule has 0 saturated carbocycles. The van der Waals surface area contributed by atoms with Crippen molar-refractivity contribution < 1.29 is 4.79 Å². The van der Waals surface area contributed by atoms with Gasteiger partial charge in [0.1, 0.15) is 6.04 Å². The number of thioether (sulfide) groups is 1. The molecule has 86 valence electrons. The van der Waals surface area contributed by atoms with Gasteiger partial charge in [-0.15, -0.1) is 0 Å². The number of amides is 1. The van der Waals surface area contributed by atoms with Gasteiger partial charge >= 0.3 is 0 Å². The Morgan fingerprint density at radius 1 is 1.69 bits per heavy atom. The normalized spacial score (nSPS) is 27.6. The van der Waals surface area contributed by atoms with Crippen molar-refractivity contribution in [2.45, 2.75) is 36.6 Å². The number of carbonyl (C=O) groups is 1. The van der Waals surface area contributed by atoms with Crippen LogP contribution in [0.4, 0.5) is 0 Å². The summed E-state index contributed by atoms with van der Waals surface area (Å²) in [7, 11) is 0. The Labute approximate surface area is 98.9 Å². The van der Waals surface area contributed by atoms with Gasteiger partial charge in [0.2, 0.25) is 5.91 Å². The van der Waals surface area contributed by atoms with E-state index in [-0.39, 0.29) is 16.7 Å². The fourth-order valence-electron chi connectivity index (χ4n) is 2.22. The Morgan fingerprint density at radius 2 is 2.38 bits per heavy atom. The summed E-state index contributed by atoms with van der Waals surface area (Å²) in [5.74, 6) is -0.316. The number of imidazole rings is 1. The quantitative estimate of drug-likeness (QED) is 0.797. The summed E-state index contributed by atoms with van der Waals surface area (Å²) in [4.78, 5) is 15.6. The third-order valence-corrected chi connectivity index (χ3v) is 3.93. The van der Waals surface area contributed by atoms with E-state index in [1.807, 2.05) is 25.3 Å². The van der Waals surface area contributed by atoms with Crippen LogP contribution in [0.2, 0.25) is 0 Å². The summed E-state index contributed by atoms with van der Waals surface area (Å²) in [6, 6.07) is -0.357. The van der Waals surface area contributed by atoms with E-state index in [1.165, 1.54) is 5.57 Å². The first-order valence-electron chi connectivity index (χ1n) is 5.10. The van der Waals surface area contributed by atoms with Crippen molar-refractivity contribution in [1.29, 1.82) is 0 Å². The molecule has 1 aromatic heterocycles. The first-order valence-corrected chi connectivity index (χ1v) is 5.92. The van der Waals surface area contributed by atoms with Gasteiger partial charge < -0.3 is 10.3 Å². The minimum atomic E-state index is -0.357. The van der Waals surface area contributed by atoms with Crippen LogP contribution in [0.15, 0.2) is 29.2 Å². The molecular weight excluding hydrogens is 222 g/mol. The van der Waals surface area contributed by atoms with E-state index in [4.69, 9.17) is 5.73 Å². The molecule has 0 aliphatic carbocycles. The highest BCUT2D eigenvalue weighted by atomic mass is 32.2. The third-order valence-electron chi connectivity index (χ3n) is 2.62. The number of hydrogen-bond acceptors (Lipinski definition) is 3. The summed E-state index contributed by atoms with van der Waals surface area (Å²) in [5, 5.41) is 0.990. The zero-order valence-corrected chi connectivity index (χ0v) is 10.4. The van der Waals surface area contributed by atoms with Crippen molar-refractivity contribution in [3.8, 4) is 0 Å². The molecule has 0 fully saturated rings. The van der Waals surface area contributed by atoms with E-state index in [0.29, 0.717) is 0 Å². The second kappa shape index (κ2) is 3.66. The van der Waals surface area contributed by atoms with Crippen molar-refractivity contribution in [2.75, 3.05) is 0 Å². The Balaban J connectivity index is 2.48. The SMILES string of the molecule is CC(C)=CC1(C)Sc2cncn2C1C(N)=O. The van der Waals surface area contributed by atoms with Crippen molar-refractivity contribution in [3.63, 3.8) is 0 Å². The molecule has 4 nitrogen and oxygen atoms in total. The van der Waals surface area contributed by atoms with Gasteiger partial charge in [-0.2, -0.15) is 0 Å². The molecular formula is C11H15N3OS. The van der Waals surface area contributed by atoms with Gasteiger partial charge in [0.05, 0.1) is 22.3 Å². The Morgan fingerprint density at radius 3 is 2.94 bits per heavy atom. The number of fused-ring (bicyclic) bond motifs is 1. The van der Waals surface area contributed by atoms with Crippen molar-refractivity contribution in [1.82, 2.24) is 9.55 Å². The number of nitrogens with zero attached hydrogens (tertiary/aromatic N) is 2. The second-order valence-corrected chi connectivity index (χ2v) is 5.95. The minimum Gasteiger partial charge on any atom is -0.368 e. The molecule has 16 heavy (non-hydrogen) atoms. The molecule has 0 saturated heterocycles. The van der Waals surface area contributed by atoms with Crippen LogP contribution >= 0.6 is 11.8 Å². The van der Waals surface area contributed by atoms with Gasteiger partial charge in [-0.05, 0) is 20.8 Å². The number of rotatable bonds is 2. The van der Waals surface area contributed by atoms with E-state index in [9.17, 15) is 4.79 Å². The third kappa shape index (κ3) is 1.65. The van der Waals surface area contributed by atoms with Gasteiger partial charge in [0.25, 0.3) is 0 Å². The lowest BCUT2D eigenvalue weighted by Crippen LogP contribution is -2.37. The Bertz CT molecular complexity index is 462. The zero-order valence-electron chi connectivity index (χ0n) is 9.60. The van der Waals surface area contributed by atoms with E-state index < -0.39 is 0 Å². The molecule has 2 N–H and O–H groups in total. The summed E-state index contributed by atoms with van der Waals surface area (Å²) < 4.78 is 1.55. The van der Waals surface area contributed by atoms with Crippen LogP contribution in [-0.2, 0) is 4.79 Å². The lowest BCUT2D eigenvalue weighted by atomic mass is 9.98. The molecule has 1 aromatic rings. The smallest absolute Gasteiger partial charge is 0.242 e. The number of nitrogens with two attached hydrogens (primary N) is 1. The van der Waals surface area contributed by atoms with Crippen LogP contribution in [0.25, 0.3) is 0 Å². The number of aromatic nitrogens is 2. The van der Waals surface area contributed by atoms with E-state index in [2.05, 4.69) is 11.1 Å². The Kier molecular flexibility index (Phi) is 2.58. The van der Waals surface area contributed by atoms with Gasteiger partial charge in [-0.25, -0.2) is 4.98 Å². The van der Waals surface area contributed by atoms with E-state index >= 15 is 0 Å². The first-order chi connectivity index (χ1) is 7.44. The fraction of sp³-hybridized carbons (Fsp3) is 0.455. The molecule has 2 atom stereocenters. The molecule has 0 radical (unpaired) electrons. The number of primary amides is 1. The molecule has 0 aromatic carbocycles. The maximum absolute atomic E-state index is 11.6. The fourth-order valence-corrected chi connectivity index (χ4v) is 3.68. The summed E-state index contributed by atoms with van der Waals surface area (Å²) in [6.07, 6.45) is 5.53. The van der Waals surface area contributed by atoms with Crippen molar-refractivity contribution in [2.24, 2.45) is 5.73 Å². The average Bonchev–Trinajstić information content (AvgIpc) is 2.57. The highest BCUT2D eigenvalue weighted by Gasteiger charge is 2.45. The van der Waals surface area contributed by atoms with E-state index in [1.54, 1.807) is 24.3 Å². The van der Waals surface area contributed by atoms with Crippen molar-refractivity contribution >= 4 is 17.7 Å². The molecule has 1 aliphatic heterocycles. The molecule has 0 spiro atoms.